The Morgan fingerprint density at radius 3 is 2.66 bits per heavy atom. The van der Waals surface area contributed by atoms with Crippen LogP contribution in [0.15, 0.2) is 34.3 Å². The summed E-state index contributed by atoms with van der Waals surface area (Å²) in [6.45, 7) is 0.870. The Labute approximate surface area is 183 Å². The number of nitrogens with zero attached hydrogens (tertiary/aromatic N) is 6. The van der Waals surface area contributed by atoms with Gasteiger partial charge in [0.2, 0.25) is 21.8 Å². The average Bonchev–Trinajstić information content (AvgIpc) is 3.43. The third-order valence-electron chi connectivity index (χ3n) is 4.98. The molecule has 0 spiro atoms. The van der Waals surface area contributed by atoms with E-state index < -0.39 is 41.5 Å². The number of aromatic nitrogens is 6. The van der Waals surface area contributed by atoms with Crippen molar-refractivity contribution in [3.05, 3.63) is 24.5 Å². The minimum atomic E-state index is -4.61. The van der Waals surface area contributed by atoms with Gasteiger partial charge < -0.3 is 20.3 Å². The molecule has 3 aromatic rings. The van der Waals surface area contributed by atoms with E-state index in [1.807, 2.05) is 4.57 Å². The van der Waals surface area contributed by atoms with E-state index in [9.17, 15) is 21.9 Å². The van der Waals surface area contributed by atoms with E-state index in [0.717, 1.165) is 19.0 Å². The number of H-pyrrole nitrogens is 1. The Morgan fingerprint density at radius 2 is 2.00 bits per heavy atom. The lowest BCUT2D eigenvalue weighted by atomic mass is 10.1. The number of imidazole rings is 1. The molecule has 0 bridgehead atoms. The number of hydrogen-bond acceptors (Lipinski definition) is 11. The number of rotatable bonds is 7. The van der Waals surface area contributed by atoms with Crippen molar-refractivity contribution in [2.24, 2.45) is 10.9 Å². The van der Waals surface area contributed by atoms with Gasteiger partial charge in [-0.1, -0.05) is 0 Å². The van der Waals surface area contributed by atoms with Crippen LogP contribution in [0.25, 0.3) is 11.4 Å². The lowest BCUT2D eigenvalue weighted by molar-refractivity contribution is 0.205. The smallest absolute Gasteiger partial charge is 0.240 e. The largest absolute Gasteiger partial charge is 0.391 e. The Balaban J connectivity index is 2.03. The Kier molecular flexibility index (Phi) is 5.72. The molecule has 0 saturated carbocycles. The van der Waals surface area contributed by atoms with Crippen LogP contribution >= 0.6 is 0 Å². The second-order valence-electron chi connectivity index (χ2n) is 7.16. The van der Waals surface area contributed by atoms with E-state index in [0.29, 0.717) is 18.2 Å². The van der Waals surface area contributed by atoms with Crippen molar-refractivity contribution in [3.63, 3.8) is 0 Å². The summed E-state index contributed by atoms with van der Waals surface area (Å²) in [6.07, 6.45) is 2.72. The molecule has 14 nitrogen and oxygen atoms in total. The zero-order valence-corrected chi connectivity index (χ0v) is 18.3. The fourth-order valence-corrected chi connectivity index (χ4v) is 6.69. The fourth-order valence-electron chi connectivity index (χ4n) is 3.65. The minimum Gasteiger partial charge on any atom is -0.391 e. The summed E-state index contributed by atoms with van der Waals surface area (Å²) in [5.41, 5.74) is 5.49. The molecule has 1 atom stereocenters. The molecular weight excluding hydrogens is 462 g/mol. The van der Waals surface area contributed by atoms with Gasteiger partial charge in [-0.25, -0.2) is 27.0 Å². The lowest BCUT2D eigenvalue weighted by Crippen LogP contribution is -2.31. The molecule has 0 fully saturated rings. The molecule has 4 rings (SSSR count). The van der Waals surface area contributed by atoms with E-state index >= 15 is 0 Å². The van der Waals surface area contributed by atoms with Gasteiger partial charge in [-0.2, -0.15) is 5.21 Å². The van der Waals surface area contributed by atoms with Crippen molar-refractivity contribution in [2.45, 2.75) is 28.9 Å². The highest BCUT2D eigenvalue weighted by atomic mass is 32.2. The summed E-state index contributed by atoms with van der Waals surface area (Å²) in [5.74, 6) is -0.412. The van der Waals surface area contributed by atoms with Crippen molar-refractivity contribution in [2.75, 3.05) is 23.7 Å². The molecule has 16 heteroatoms. The monoisotopic (exact) mass is 483 g/mol. The van der Waals surface area contributed by atoms with Crippen LogP contribution in [-0.4, -0.2) is 77.1 Å². The summed E-state index contributed by atoms with van der Waals surface area (Å²) in [5, 5.41) is 28.8. The number of aryl methyl sites for hydroxylation is 1. The number of tetrazole rings is 1. The molecule has 0 aliphatic carbocycles. The molecule has 1 unspecified atom stereocenters. The van der Waals surface area contributed by atoms with Gasteiger partial charge in [-0.05, 0) is 23.8 Å². The zero-order valence-electron chi connectivity index (χ0n) is 16.7. The van der Waals surface area contributed by atoms with Gasteiger partial charge in [-0.15, -0.1) is 10.2 Å². The first-order valence-electron chi connectivity index (χ1n) is 9.46. The summed E-state index contributed by atoms with van der Waals surface area (Å²) < 4.78 is 53.3. The van der Waals surface area contributed by atoms with Gasteiger partial charge in [0.05, 0.1) is 28.0 Å². The van der Waals surface area contributed by atoms with Crippen LogP contribution in [0, 0.1) is 0 Å². The molecule has 1 aliphatic rings. The molecule has 32 heavy (non-hydrogen) atoms. The van der Waals surface area contributed by atoms with Crippen molar-refractivity contribution < 1.29 is 21.9 Å². The van der Waals surface area contributed by atoms with E-state index in [1.54, 1.807) is 17.3 Å². The number of aliphatic hydroxyl groups is 1. The quantitative estimate of drug-likeness (QED) is 0.298. The Bertz CT molecular complexity index is 1340. The van der Waals surface area contributed by atoms with E-state index in [1.165, 1.54) is 6.07 Å². The van der Waals surface area contributed by atoms with Crippen molar-refractivity contribution in [1.29, 1.82) is 0 Å². The third-order valence-corrected chi connectivity index (χ3v) is 7.93. The van der Waals surface area contributed by atoms with Crippen molar-refractivity contribution in [3.8, 4) is 11.4 Å². The highest BCUT2D eigenvalue weighted by Gasteiger charge is 2.35. The normalized spacial score (nSPS) is 15.5. The summed E-state index contributed by atoms with van der Waals surface area (Å²) >= 11 is 0. The van der Waals surface area contributed by atoms with Crippen LogP contribution in [0.2, 0.25) is 0 Å². The summed E-state index contributed by atoms with van der Waals surface area (Å²) in [6, 6.07) is 2.57. The second kappa shape index (κ2) is 8.21. The van der Waals surface area contributed by atoms with Crippen LogP contribution in [0.4, 0.5) is 11.6 Å². The minimum absolute atomic E-state index is 0.138. The van der Waals surface area contributed by atoms with Gasteiger partial charge in [0.15, 0.2) is 9.84 Å². The molecular formula is C16H21N9O5S2. The Hall–Kier alpha value is -2.92. The van der Waals surface area contributed by atoms with Crippen LogP contribution in [0.3, 0.4) is 0 Å². The number of hydrogen-bond donors (Lipinski definition) is 4. The average molecular weight is 484 g/mol. The highest BCUT2D eigenvalue weighted by molar-refractivity contribution is 7.93. The maximum atomic E-state index is 13.0. The molecule has 2 aromatic heterocycles. The number of benzene rings is 1. The number of fused-ring (bicyclic) bond motifs is 1. The van der Waals surface area contributed by atoms with Crippen LogP contribution < -0.4 is 15.8 Å². The number of nitrogens with two attached hydrogens (primary N) is 2. The summed E-state index contributed by atoms with van der Waals surface area (Å²) in [4.78, 5) is 4.78. The van der Waals surface area contributed by atoms with E-state index in [4.69, 9.17) is 10.9 Å². The molecule has 0 radical (unpaired) electrons. The lowest BCUT2D eigenvalue weighted by Gasteiger charge is -2.31. The third kappa shape index (κ3) is 3.97. The predicted molar refractivity (Wildman–Crippen MR) is 112 cm³/mol. The molecule has 3 heterocycles. The number of sulfonamides is 1. The number of aromatic amines is 1. The molecule has 172 valence electrons. The second-order valence-corrected chi connectivity index (χ2v) is 10.7. The maximum Gasteiger partial charge on any atom is 0.240 e. The highest BCUT2D eigenvalue weighted by Crippen LogP contribution is 2.41. The van der Waals surface area contributed by atoms with Crippen LogP contribution in [0.5, 0.6) is 0 Å². The fraction of sp³-hybridized carbons (Fsp3) is 0.375. The maximum absolute atomic E-state index is 13.0. The standard InChI is InChI=1S/C16H21N9O5S2/c17-8-10(26)9-31(27,28)12-3-2-11(25-6-1-5-24-7-4-19-16(24)25)13(14(12)32(18,29)30)15-20-22-23-21-15/h2-4,7,10,26H,1,5-6,8-9,17H2,(H2,18,29,30)(H,20,21,22,23). The SMILES string of the molecule is NCC(O)CS(=O)(=O)c1ccc(N2CCCn3ccnc32)c(-c2nn[nH]n2)c1S(N)(=O)=O. The van der Waals surface area contributed by atoms with Crippen molar-refractivity contribution >= 4 is 31.5 Å². The number of anilines is 2. The molecule has 6 N–H and O–H groups in total. The predicted octanol–water partition coefficient (Wildman–Crippen LogP) is -1.65. The number of nitrogens with one attached hydrogen (secondary N) is 1. The van der Waals surface area contributed by atoms with Crippen LogP contribution in [-0.2, 0) is 26.4 Å². The van der Waals surface area contributed by atoms with E-state index in [-0.39, 0.29) is 17.9 Å². The Morgan fingerprint density at radius 1 is 1.22 bits per heavy atom. The van der Waals surface area contributed by atoms with Gasteiger partial charge >= 0.3 is 0 Å². The molecule has 0 saturated heterocycles. The number of sulfone groups is 1. The number of aliphatic hydroxyl groups excluding tert-OH is 1. The van der Waals surface area contributed by atoms with Crippen molar-refractivity contribution in [1.82, 2.24) is 30.2 Å². The topological polar surface area (TPSA) is 216 Å². The van der Waals surface area contributed by atoms with Gasteiger partial charge in [0.25, 0.3) is 0 Å². The first-order chi connectivity index (χ1) is 15.1. The van der Waals surface area contributed by atoms with Crippen LogP contribution in [0.1, 0.15) is 6.42 Å². The molecule has 1 aliphatic heterocycles. The first-order valence-corrected chi connectivity index (χ1v) is 12.7. The zero-order chi connectivity index (χ0) is 23.1. The summed E-state index contributed by atoms with van der Waals surface area (Å²) in [7, 11) is -8.92. The molecule has 0 amide bonds. The first kappa shape index (κ1) is 22.3. The van der Waals surface area contributed by atoms with Gasteiger partial charge in [0, 0.05) is 32.0 Å². The van der Waals surface area contributed by atoms with E-state index in [2.05, 4.69) is 25.6 Å². The van der Waals surface area contributed by atoms with Gasteiger partial charge in [0.1, 0.15) is 4.90 Å². The van der Waals surface area contributed by atoms with Gasteiger partial charge in [-0.3, -0.25) is 0 Å². The molecule has 1 aromatic carbocycles. The number of primary sulfonamides is 1.